The molecule has 1 heterocycles. The number of nitrogens with one attached hydrogen (secondary N) is 1. The van der Waals surface area contributed by atoms with E-state index >= 15 is 0 Å². The van der Waals surface area contributed by atoms with E-state index in [9.17, 15) is 10.1 Å². The highest BCUT2D eigenvalue weighted by molar-refractivity contribution is 9.10. The Hall–Kier alpha value is -1.24. The molecule has 4 nitrogen and oxygen atoms in total. The van der Waals surface area contributed by atoms with Crippen LogP contribution in [0.5, 0.6) is 0 Å². The summed E-state index contributed by atoms with van der Waals surface area (Å²) in [6.45, 7) is 1.39. The van der Waals surface area contributed by atoms with Crippen molar-refractivity contribution < 1.29 is 4.92 Å². The standard InChI is InChI=1S/C12H11BrN2O2S/c13-10-5-12(18-8-10)7-14-6-9-2-1-3-11(4-9)15(16)17/h1-5,8,14H,6-7H2. The zero-order valence-corrected chi connectivity index (χ0v) is 11.8. The van der Waals surface area contributed by atoms with E-state index in [2.05, 4.69) is 27.3 Å². The Labute approximate surface area is 117 Å². The second-order valence-corrected chi connectivity index (χ2v) is 5.67. The van der Waals surface area contributed by atoms with Crippen molar-refractivity contribution in [2.24, 2.45) is 0 Å². The maximum absolute atomic E-state index is 10.6. The molecule has 0 aliphatic heterocycles. The maximum atomic E-state index is 10.6. The number of benzene rings is 1. The Morgan fingerprint density at radius 3 is 2.83 bits per heavy atom. The van der Waals surface area contributed by atoms with Gasteiger partial charge in [-0.3, -0.25) is 10.1 Å². The van der Waals surface area contributed by atoms with Crippen LogP contribution in [0.25, 0.3) is 0 Å². The number of non-ortho nitro benzene ring substituents is 1. The topological polar surface area (TPSA) is 55.2 Å². The molecule has 0 saturated carbocycles. The molecule has 0 fully saturated rings. The van der Waals surface area contributed by atoms with E-state index < -0.39 is 0 Å². The van der Waals surface area contributed by atoms with Crippen molar-refractivity contribution in [2.45, 2.75) is 13.1 Å². The average molecular weight is 327 g/mol. The monoisotopic (exact) mass is 326 g/mol. The van der Waals surface area contributed by atoms with Crippen molar-refractivity contribution in [2.75, 3.05) is 0 Å². The van der Waals surface area contributed by atoms with Crippen LogP contribution in [0.1, 0.15) is 10.4 Å². The Morgan fingerprint density at radius 2 is 2.17 bits per heavy atom. The Bertz CT molecular complexity index is 557. The van der Waals surface area contributed by atoms with Crippen LogP contribution in [0.15, 0.2) is 40.2 Å². The molecule has 18 heavy (non-hydrogen) atoms. The van der Waals surface area contributed by atoms with Crippen molar-refractivity contribution in [1.29, 1.82) is 0 Å². The molecule has 1 aromatic carbocycles. The highest BCUT2D eigenvalue weighted by atomic mass is 79.9. The molecule has 0 spiro atoms. The smallest absolute Gasteiger partial charge is 0.269 e. The number of rotatable bonds is 5. The quantitative estimate of drug-likeness (QED) is 0.673. The molecular formula is C12H11BrN2O2S. The predicted molar refractivity (Wildman–Crippen MR) is 75.7 cm³/mol. The van der Waals surface area contributed by atoms with Crippen molar-refractivity contribution >= 4 is 33.0 Å². The molecule has 0 atom stereocenters. The summed E-state index contributed by atoms with van der Waals surface area (Å²) in [7, 11) is 0. The van der Waals surface area contributed by atoms with Crippen LogP contribution < -0.4 is 5.32 Å². The summed E-state index contributed by atoms with van der Waals surface area (Å²) in [5, 5.41) is 15.9. The zero-order chi connectivity index (χ0) is 13.0. The summed E-state index contributed by atoms with van der Waals surface area (Å²) in [6.07, 6.45) is 0. The minimum atomic E-state index is -0.375. The van der Waals surface area contributed by atoms with Gasteiger partial charge in [-0.05, 0) is 27.6 Å². The lowest BCUT2D eigenvalue weighted by molar-refractivity contribution is -0.384. The van der Waals surface area contributed by atoms with Gasteiger partial charge in [0.05, 0.1) is 4.92 Å². The normalized spacial score (nSPS) is 10.5. The molecule has 94 valence electrons. The van der Waals surface area contributed by atoms with Crippen LogP contribution in [0.2, 0.25) is 0 Å². The summed E-state index contributed by atoms with van der Waals surface area (Å²) >= 11 is 5.08. The lowest BCUT2D eigenvalue weighted by Gasteiger charge is -2.03. The number of nitro groups is 1. The number of hydrogen-bond donors (Lipinski definition) is 1. The number of nitrogens with zero attached hydrogens (tertiary/aromatic N) is 1. The van der Waals surface area contributed by atoms with Gasteiger partial charge in [0.1, 0.15) is 0 Å². The van der Waals surface area contributed by atoms with Gasteiger partial charge in [-0.2, -0.15) is 0 Å². The summed E-state index contributed by atoms with van der Waals surface area (Å²) in [4.78, 5) is 11.5. The Kier molecular flexibility index (Phi) is 4.46. The molecule has 0 saturated heterocycles. The van der Waals surface area contributed by atoms with E-state index in [0.29, 0.717) is 6.54 Å². The lowest BCUT2D eigenvalue weighted by Crippen LogP contribution is -2.11. The van der Waals surface area contributed by atoms with Crippen LogP contribution in [-0.2, 0) is 13.1 Å². The third kappa shape index (κ3) is 3.63. The van der Waals surface area contributed by atoms with Gasteiger partial charge < -0.3 is 5.32 Å². The Morgan fingerprint density at radius 1 is 1.33 bits per heavy atom. The van der Waals surface area contributed by atoms with Crippen LogP contribution in [0.3, 0.4) is 0 Å². The van der Waals surface area contributed by atoms with E-state index in [4.69, 9.17) is 0 Å². The lowest BCUT2D eigenvalue weighted by atomic mass is 10.2. The number of halogens is 1. The fourth-order valence-corrected chi connectivity index (χ4v) is 2.98. The number of thiophene rings is 1. The molecular weight excluding hydrogens is 316 g/mol. The van der Waals surface area contributed by atoms with E-state index in [1.165, 1.54) is 10.9 Å². The van der Waals surface area contributed by atoms with Crippen LogP contribution in [0.4, 0.5) is 5.69 Å². The van der Waals surface area contributed by atoms with Gasteiger partial charge in [0.15, 0.2) is 0 Å². The molecule has 0 bridgehead atoms. The zero-order valence-electron chi connectivity index (χ0n) is 9.43. The second kappa shape index (κ2) is 6.08. The molecule has 1 N–H and O–H groups in total. The fourth-order valence-electron chi connectivity index (χ4n) is 1.56. The van der Waals surface area contributed by atoms with Gasteiger partial charge in [0, 0.05) is 40.0 Å². The molecule has 0 radical (unpaired) electrons. The molecule has 0 aliphatic carbocycles. The maximum Gasteiger partial charge on any atom is 0.269 e. The highest BCUT2D eigenvalue weighted by Gasteiger charge is 2.05. The third-order valence-electron chi connectivity index (χ3n) is 2.37. The summed E-state index contributed by atoms with van der Waals surface area (Å²) in [6, 6.07) is 8.74. The molecule has 2 rings (SSSR count). The van der Waals surface area contributed by atoms with Gasteiger partial charge in [0.25, 0.3) is 5.69 Å². The third-order valence-corrected chi connectivity index (χ3v) is 4.07. The van der Waals surface area contributed by atoms with E-state index in [-0.39, 0.29) is 10.6 Å². The largest absolute Gasteiger partial charge is 0.308 e. The summed E-state index contributed by atoms with van der Waals surface area (Å²) in [5.74, 6) is 0. The van der Waals surface area contributed by atoms with Gasteiger partial charge >= 0.3 is 0 Å². The van der Waals surface area contributed by atoms with Crippen molar-refractivity contribution in [1.82, 2.24) is 5.32 Å². The van der Waals surface area contributed by atoms with Crippen molar-refractivity contribution in [3.05, 3.63) is 60.7 Å². The van der Waals surface area contributed by atoms with E-state index in [1.807, 2.05) is 11.4 Å². The average Bonchev–Trinajstić information content (AvgIpc) is 2.75. The first kappa shape index (κ1) is 13.2. The summed E-state index contributed by atoms with van der Waals surface area (Å²) < 4.78 is 1.08. The first-order valence-electron chi connectivity index (χ1n) is 5.32. The second-order valence-electron chi connectivity index (χ2n) is 3.76. The van der Waals surface area contributed by atoms with E-state index in [1.54, 1.807) is 23.5 Å². The number of hydrogen-bond acceptors (Lipinski definition) is 4. The van der Waals surface area contributed by atoms with Crippen LogP contribution in [0, 0.1) is 10.1 Å². The highest BCUT2D eigenvalue weighted by Crippen LogP contribution is 2.19. The first-order valence-corrected chi connectivity index (χ1v) is 6.99. The Balaban J connectivity index is 1.90. The predicted octanol–water partition coefficient (Wildman–Crippen LogP) is 3.71. The van der Waals surface area contributed by atoms with E-state index in [0.717, 1.165) is 16.6 Å². The van der Waals surface area contributed by atoms with Crippen molar-refractivity contribution in [3.63, 3.8) is 0 Å². The molecule has 0 unspecified atom stereocenters. The molecule has 6 heteroatoms. The molecule has 0 amide bonds. The molecule has 2 aromatic rings. The molecule has 0 aliphatic rings. The van der Waals surface area contributed by atoms with Crippen LogP contribution in [-0.4, -0.2) is 4.92 Å². The van der Waals surface area contributed by atoms with Gasteiger partial charge in [0.2, 0.25) is 0 Å². The number of nitro benzene ring substituents is 1. The molecule has 1 aromatic heterocycles. The minimum absolute atomic E-state index is 0.133. The van der Waals surface area contributed by atoms with Gasteiger partial charge in [-0.1, -0.05) is 12.1 Å². The first-order chi connectivity index (χ1) is 8.65. The SMILES string of the molecule is O=[N+]([O-])c1cccc(CNCc2cc(Br)cs2)c1. The fraction of sp³-hybridized carbons (Fsp3) is 0.167. The van der Waals surface area contributed by atoms with Gasteiger partial charge in [-0.25, -0.2) is 0 Å². The van der Waals surface area contributed by atoms with Gasteiger partial charge in [-0.15, -0.1) is 11.3 Å². The minimum Gasteiger partial charge on any atom is -0.308 e. The van der Waals surface area contributed by atoms with Crippen LogP contribution >= 0.6 is 27.3 Å². The van der Waals surface area contributed by atoms with Crippen molar-refractivity contribution in [3.8, 4) is 0 Å². The summed E-state index contributed by atoms with van der Waals surface area (Å²) in [5.41, 5.74) is 1.05.